The highest BCUT2D eigenvalue weighted by atomic mass is 19.4. The predicted molar refractivity (Wildman–Crippen MR) is 185 cm³/mol. The van der Waals surface area contributed by atoms with Crippen LogP contribution in [-0.2, 0) is 9.53 Å². The Balaban J connectivity index is 1.44. The van der Waals surface area contributed by atoms with E-state index in [0.29, 0.717) is 30.6 Å². The van der Waals surface area contributed by atoms with Crippen LogP contribution in [0, 0.1) is 0 Å². The third kappa shape index (κ3) is 14.4. The van der Waals surface area contributed by atoms with E-state index in [4.69, 9.17) is 14.2 Å². The monoisotopic (exact) mass is 666 g/mol. The van der Waals surface area contributed by atoms with E-state index in [9.17, 15) is 22.8 Å². The van der Waals surface area contributed by atoms with Crippen LogP contribution in [0.3, 0.4) is 0 Å². The Bertz CT molecular complexity index is 1380. The minimum Gasteiger partial charge on any atom is -0.494 e. The first kappa shape index (κ1) is 38.4. The van der Waals surface area contributed by atoms with E-state index in [0.717, 1.165) is 55.1 Å². The number of ether oxygens (including phenoxy) is 3. The zero-order valence-electron chi connectivity index (χ0n) is 28.2. The van der Waals surface area contributed by atoms with Gasteiger partial charge in [0.15, 0.2) is 6.10 Å². The van der Waals surface area contributed by atoms with Gasteiger partial charge in [-0.25, -0.2) is 9.59 Å². The van der Waals surface area contributed by atoms with Crippen molar-refractivity contribution in [1.29, 1.82) is 0 Å². The molecule has 8 heteroatoms. The summed E-state index contributed by atoms with van der Waals surface area (Å²) in [5, 5.41) is 0. The lowest BCUT2D eigenvalue weighted by Crippen LogP contribution is -2.33. The molecule has 0 saturated carbocycles. The number of unbranched alkanes of at least 4 members (excludes halogenated alkanes) is 10. The lowest BCUT2D eigenvalue weighted by molar-refractivity contribution is -0.220. The molecular formula is C40H49F3O5. The van der Waals surface area contributed by atoms with Gasteiger partial charge < -0.3 is 14.2 Å². The average molecular weight is 667 g/mol. The van der Waals surface area contributed by atoms with Gasteiger partial charge in [0.25, 0.3) is 0 Å². The fourth-order valence-corrected chi connectivity index (χ4v) is 5.17. The molecule has 48 heavy (non-hydrogen) atoms. The predicted octanol–water partition coefficient (Wildman–Crippen LogP) is 11.5. The first-order valence-electron chi connectivity index (χ1n) is 17.3. The molecule has 0 unspecified atom stereocenters. The molecule has 260 valence electrons. The fourth-order valence-electron chi connectivity index (χ4n) is 5.17. The molecule has 0 aliphatic rings. The number of carbonyl (C=O) groups is 2. The molecule has 0 N–H and O–H groups in total. The Kier molecular flexibility index (Phi) is 16.8. The standard InChI is InChI=1S/C40H49F3O5/c1-3-5-7-9-11-13-15-37(40(41,42)43)48-38(44)29-18-31-16-25-36(26-17-31)47-39(45)34-21-19-32(20-22-34)33-23-27-35(28-24-33)46-30-14-12-10-8-6-4-2/h16-29,37H,3-15,30H2,1-2H3/t37-/m0/s1. The van der Waals surface area contributed by atoms with E-state index in [1.165, 1.54) is 38.2 Å². The van der Waals surface area contributed by atoms with E-state index in [1.54, 1.807) is 36.4 Å². The lowest BCUT2D eigenvalue weighted by atomic mass is 10.0. The quantitative estimate of drug-likeness (QED) is 0.0490. The van der Waals surface area contributed by atoms with Crippen LogP contribution < -0.4 is 9.47 Å². The van der Waals surface area contributed by atoms with E-state index in [-0.39, 0.29) is 12.2 Å². The van der Waals surface area contributed by atoms with Crippen LogP contribution in [0.25, 0.3) is 17.2 Å². The first-order valence-corrected chi connectivity index (χ1v) is 17.3. The molecule has 0 heterocycles. The molecule has 0 fully saturated rings. The van der Waals surface area contributed by atoms with Gasteiger partial charge in [0.05, 0.1) is 12.2 Å². The van der Waals surface area contributed by atoms with Crippen LogP contribution in [0.2, 0.25) is 0 Å². The van der Waals surface area contributed by atoms with E-state index >= 15 is 0 Å². The van der Waals surface area contributed by atoms with Crippen molar-refractivity contribution in [3.8, 4) is 22.6 Å². The number of halogens is 3. The summed E-state index contributed by atoms with van der Waals surface area (Å²) in [4.78, 5) is 24.9. The molecule has 0 saturated heterocycles. The molecular weight excluding hydrogens is 617 g/mol. The molecule has 0 radical (unpaired) electrons. The van der Waals surface area contributed by atoms with E-state index < -0.39 is 24.2 Å². The highest BCUT2D eigenvalue weighted by Gasteiger charge is 2.42. The normalized spacial score (nSPS) is 12.2. The van der Waals surface area contributed by atoms with Gasteiger partial charge in [-0.15, -0.1) is 0 Å². The molecule has 0 amide bonds. The Morgan fingerprint density at radius 1 is 0.667 bits per heavy atom. The molecule has 0 aromatic heterocycles. The largest absolute Gasteiger partial charge is 0.494 e. The van der Waals surface area contributed by atoms with Gasteiger partial charge in [0.1, 0.15) is 11.5 Å². The summed E-state index contributed by atoms with van der Waals surface area (Å²) < 4.78 is 56.2. The second kappa shape index (κ2) is 21.0. The van der Waals surface area contributed by atoms with Crippen molar-refractivity contribution in [2.75, 3.05) is 6.61 Å². The maximum absolute atomic E-state index is 13.4. The molecule has 0 aliphatic carbocycles. The highest BCUT2D eigenvalue weighted by Crippen LogP contribution is 2.28. The second-order valence-electron chi connectivity index (χ2n) is 12.0. The number of benzene rings is 3. The summed E-state index contributed by atoms with van der Waals surface area (Å²) >= 11 is 0. The Morgan fingerprint density at radius 3 is 1.77 bits per heavy atom. The number of hydrogen-bond acceptors (Lipinski definition) is 5. The zero-order chi connectivity index (χ0) is 34.6. The van der Waals surface area contributed by atoms with Gasteiger partial charge in [-0.3, -0.25) is 0 Å². The summed E-state index contributed by atoms with van der Waals surface area (Å²) in [7, 11) is 0. The fraction of sp³-hybridized carbons (Fsp3) is 0.450. The number of hydrogen-bond donors (Lipinski definition) is 0. The lowest BCUT2D eigenvalue weighted by Gasteiger charge is -2.19. The van der Waals surface area contributed by atoms with E-state index in [1.807, 2.05) is 36.4 Å². The molecule has 3 aromatic carbocycles. The summed E-state index contributed by atoms with van der Waals surface area (Å²) in [6, 6.07) is 21.3. The van der Waals surface area contributed by atoms with Crippen LogP contribution in [-0.4, -0.2) is 30.8 Å². The third-order valence-corrected chi connectivity index (χ3v) is 8.02. The molecule has 3 rings (SSSR count). The van der Waals surface area contributed by atoms with Crippen molar-refractivity contribution in [2.45, 2.75) is 110 Å². The molecule has 3 aromatic rings. The summed E-state index contributed by atoms with van der Waals surface area (Å²) in [6.45, 7) is 5.00. The number of alkyl halides is 3. The summed E-state index contributed by atoms with van der Waals surface area (Å²) in [5.74, 6) is -0.468. The Hall–Kier alpha value is -4.07. The van der Waals surface area contributed by atoms with Crippen LogP contribution in [0.4, 0.5) is 13.2 Å². The van der Waals surface area contributed by atoms with Crippen molar-refractivity contribution in [2.24, 2.45) is 0 Å². The number of carbonyl (C=O) groups excluding carboxylic acids is 2. The summed E-state index contributed by atoms with van der Waals surface area (Å²) in [5.41, 5.74) is 2.87. The van der Waals surface area contributed by atoms with Crippen LogP contribution in [0.1, 0.15) is 113 Å². The number of rotatable bonds is 21. The summed E-state index contributed by atoms with van der Waals surface area (Å²) in [6.07, 6.45) is 7.65. The zero-order valence-corrected chi connectivity index (χ0v) is 28.2. The Morgan fingerprint density at radius 2 is 1.19 bits per heavy atom. The second-order valence-corrected chi connectivity index (χ2v) is 12.0. The minimum absolute atomic E-state index is 0.250. The molecule has 0 spiro atoms. The molecule has 0 bridgehead atoms. The van der Waals surface area contributed by atoms with Crippen molar-refractivity contribution in [1.82, 2.24) is 0 Å². The SMILES string of the molecule is CCCCCCCCOc1ccc(-c2ccc(C(=O)Oc3ccc(C=CC(=O)O[C@@H](CCCCCCCC)C(F)(F)F)cc3)cc2)cc1. The minimum atomic E-state index is -4.62. The van der Waals surface area contributed by atoms with Gasteiger partial charge in [-0.2, -0.15) is 13.2 Å². The maximum atomic E-state index is 13.4. The number of esters is 2. The molecule has 0 aliphatic heterocycles. The van der Waals surface area contributed by atoms with Gasteiger partial charge in [0.2, 0.25) is 0 Å². The molecule has 5 nitrogen and oxygen atoms in total. The van der Waals surface area contributed by atoms with Crippen LogP contribution in [0.5, 0.6) is 11.5 Å². The van der Waals surface area contributed by atoms with Crippen molar-refractivity contribution >= 4 is 18.0 Å². The van der Waals surface area contributed by atoms with Gasteiger partial charge in [0, 0.05) is 6.08 Å². The van der Waals surface area contributed by atoms with Gasteiger partial charge >= 0.3 is 18.1 Å². The van der Waals surface area contributed by atoms with Crippen LogP contribution >= 0.6 is 0 Å². The van der Waals surface area contributed by atoms with Crippen molar-refractivity contribution in [3.05, 3.63) is 90.0 Å². The smallest absolute Gasteiger partial charge is 0.425 e. The Labute approximate surface area is 283 Å². The van der Waals surface area contributed by atoms with Crippen LogP contribution in [0.15, 0.2) is 78.9 Å². The molecule has 1 atom stereocenters. The topological polar surface area (TPSA) is 61.8 Å². The van der Waals surface area contributed by atoms with Gasteiger partial charge in [-0.05, 0) is 78.4 Å². The van der Waals surface area contributed by atoms with Crippen molar-refractivity contribution < 1.29 is 37.0 Å². The third-order valence-electron chi connectivity index (χ3n) is 8.02. The van der Waals surface area contributed by atoms with Crippen molar-refractivity contribution in [3.63, 3.8) is 0 Å². The van der Waals surface area contributed by atoms with Gasteiger partial charge in [-0.1, -0.05) is 114 Å². The maximum Gasteiger partial charge on any atom is 0.425 e. The average Bonchev–Trinajstić information content (AvgIpc) is 3.08. The van der Waals surface area contributed by atoms with E-state index in [2.05, 4.69) is 13.8 Å². The highest BCUT2D eigenvalue weighted by molar-refractivity contribution is 5.91. The first-order chi connectivity index (χ1) is 23.2.